The normalized spacial score (nSPS) is 14.4. The highest BCUT2D eigenvalue weighted by Crippen LogP contribution is 2.35. The Morgan fingerprint density at radius 2 is 2.10 bits per heavy atom. The van der Waals surface area contributed by atoms with E-state index in [4.69, 9.17) is 11.6 Å². The lowest BCUT2D eigenvalue weighted by Crippen LogP contribution is -2.29. The van der Waals surface area contributed by atoms with E-state index in [0.717, 1.165) is 4.31 Å². The average Bonchev–Trinajstić information content (AvgIpc) is 2.85. The Hall–Kier alpha value is -1.66. The number of benzene rings is 1. The first kappa shape index (κ1) is 13.3. The van der Waals surface area contributed by atoms with Gasteiger partial charge in [0.2, 0.25) is 0 Å². The minimum absolute atomic E-state index is 0.0406. The Morgan fingerprint density at radius 1 is 1.30 bits per heavy atom. The van der Waals surface area contributed by atoms with Crippen molar-refractivity contribution < 1.29 is 12.8 Å². The van der Waals surface area contributed by atoms with Gasteiger partial charge in [-0.1, -0.05) is 23.7 Å². The van der Waals surface area contributed by atoms with Crippen LogP contribution in [0.4, 0.5) is 10.1 Å². The van der Waals surface area contributed by atoms with E-state index in [1.807, 2.05) is 0 Å². The number of hydrogen-bond donors (Lipinski definition) is 0. The number of para-hydroxylation sites is 1. The van der Waals surface area contributed by atoms with Crippen molar-refractivity contribution in [3.05, 3.63) is 53.1 Å². The molecule has 20 heavy (non-hydrogen) atoms. The van der Waals surface area contributed by atoms with Crippen molar-refractivity contribution in [2.24, 2.45) is 0 Å². The Morgan fingerprint density at radius 3 is 2.85 bits per heavy atom. The summed E-state index contributed by atoms with van der Waals surface area (Å²) in [6.45, 7) is 0.213. The molecule has 0 radical (unpaired) electrons. The maximum Gasteiger partial charge on any atom is 0.266 e. The zero-order valence-corrected chi connectivity index (χ0v) is 11.8. The number of hydrogen-bond acceptors (Lipinski definition) is 3. The summed E-state index contributed by atoms with van der Waals surface area (Å²) in [6.07, 6.45) is 3.04. The minimum Gasteiger partial charge on any atom is -0.263 e. The van der Waals surface area contributed by atoms with Crippen LogP contribution in [0.25, 0.3) is 0 Å². The van der Waals surface area contributed by atoms with Crippen molar-refractivity contribution >= 4 is 27.3 Å². The van der Waals surface area contributed by atoms with Gasteiger partial charge in [-0.05, 0) is 24.1 Å². The van der Waals surface area contributed by atoms with Crippen LogP contribution in [-0.4, -0.2) is 19.9 Å². The molecular formula is C13H10ClFN2O2S. The first-order valence-corrected chi connectivity index (χ1v) is 7.72. The lowest BCUT2D eigenvalue weighted by molar-refractivity contribution is 0.588. The number of anilines is 1. The van der Waals surface area contributed by atoms with Crippen LogP contribution in [0.2, 0.25) is 5.02 Å². The fourth-order valence-electron chi connectivity index (χ4n) is 2.28. The number of nitrogens with zero attached hydrogens (tertiary/aromatic N) is 2. The van der Waals surface area contributed by atoms with Crippen LogP contribution >= 0.6 is 11.6 Å². The molecule has 0 unspecified atom stereocenters. The predicted molar refractivity (Wildman–Crippen MR) is 73.9 cm³/mol. The van der Waals surface area contributed by atoms with Gasteiger partial charge in [0.25, 0.3) is 10.0 Å². The van der Waals surface area contributed by atoms with Crippen molar-refractivity contribution in [1.29, 1.82) is 0 Å². The second kappa shape index (κ2) is 4.71. The Balaban J connectivity index is 2.12. The van der Waals surface area contributed by atoms with Crippen LogP contribution in [0.3, 0.4) is 0 Å². The van der Waals surface area contributed by atoms with Gasteiger partial charge in [0.05, 0.1) is 10.7 Å². The van der Waals surface area contributed by atoms with E-state index in [1.54, 1.807) is 12.1 Å². The molecule has 1 aliphatic rings. The summed E-state index contributed by atoms with van der Waals surface area (Å²) in [5.41, 5.74) is 0.802. The molecule has 3 rings (SSSR count). The largest absolute Gasteiger partial charge is 0.266 e. The molecule has 0 aliphatic carbocycles. The zero-order chi connectivity index (χ0) is 14.3. The maximum atomic E-state index is 13.9. The third-order valence-corrected chi connectivity index (χ3v) is 5.14. The summed E-state index contributed by atoms with van der Waals surface area (Å²) in [5, 5.41) is 0.221. The van der Waals surface area contributed by atoms with Gasteiger partial charge < -0.3 is 0 Å². The van der Waals surface area contributed by atoms with E-state index >= 15 is 0 Å². The summed E-state index contributed by atoms with van der Waals surface area (Å²) in [5.74, 6) is -0.543. The summed E-state index contributed by atoms with van der Waals surface area (Å²) in [6, 6.07) is 5.86. The van der Waals surface area contributed by atoms with Crippen molar-refractivity contribution in [2.45, 2.75) is 11.3 Å². The molecule has 0 atom stereocenters. The van der Waals surface area contributed by atoms with E-state index in [2.05, 4.69) is 4.98 Å². The molecule has 4 nitrogen and oxygen atoms in total. The highest BCUT2D eigenvalue weighted by Gasteiger charge is 2.33. The monoisotopic (exact) mass is 312 g/mol. The number of pyridine rings is 1. The van der Waals surface area contributed by atoms with Crippen LogP contribution in [0.15, 0.2) is 41.6 Å². The second-order valence-electron chi connectivity index (χ2n) is 4.41. The molecule has 0 amide bonds. The van der Waals surface area contributed by atoms with E-state index < -0.39 is 15.8 Å². The van der Waals surface area contributed by atoms with Gasteiger partial charge in [0.1, 0.15) is 10.7 Å². The molecule has 2 aromatic rings. The molecule has 1 aromatic carbocycles. The van der Waals surface area contributed by atoms with E-state index in [9.17, 15) is 12.8 Å². The number of halogens is 2. The lowest BCUT2D eigenvalue weighted by atomic mass is 10.2. The number of fused-ring (bicyclic) bond motifs is 1. The van der Waals surface area contributed by atoms with Gasteiger partial charge in [0.15, 0.2) is 0 Å². The van der Waals surface area contributed by atoms with E-state index in [-0.39, 0.29) is 22.2 Å². The molecular weight excluding hydrogens is 303 g/mol. The van der Waals surface area contributed by atoms with E-state index in [1.165, 1.54) is 24.5 Å². The maximum absolute atomic E-state index is 13.9. The smallest absolute Gasteiger partial charge is 0.263 e. The highest BCUT2D eigenvalue weighted by molar-refractivity contribution is 7.92. The number of rotatable bonds is 2. The molecule has 0 bridgehead atoms. The molecule has 0 spiro atoms. The molecule has 104 valence electrons. The van der Waals surface area contributed by atoms with Crippen molar-refractivity contribution in [1.82, 2.24) is 4.98 Å². The van der Waals surface area contributed by atoms with Crippen LogP contribution in [0.1, 0.15) is 5.56 Å². The lowest BCUT2D eigenvalue weighted by Gasteiger charge is -2.19. The summed E-state index contributed by atoms with van der Waals surface area (Å²) in [7, 11) is -3.85. The summed E-state index contributed by atoms with van der Waals surface area (Å²) < 4.78 is 40.1. The number of aromatic nitrogens is 1. The quantitative estimate of drug-likeness (QED) is 0.856. The van der Waals surface area contributed by atoms with Crippen molar-refractivity contribution in [3.8, 4) is 0 Å². The third kappa shape index (κ3) is 2.05. The van der Waals surface area contributed by atoms with Crippen molar-refractivity contribution in [2.75, 3.05) is 10.8 Å². The molecule has 0 N–H and O–H groups in total. The molecule has 0 saturated heterocycles. The topological polar surface area (TPSA) is 50.3 Å². The summed E-state index contributed by atoms with van der Waals surface area (Å²) >= 11 is 5.77. The molecule has 1 aromatic heterocycles. The number of sulfonamides is 1. The zero-order valence-electron chi connectivity index (χ0n) is 10.3. The van der Waals surface area contributed by atoms with Crippen LogP contribution in [-0.2, 0) is 16.4 Å². The molecule has 1 aliphatic heterocycles. The van der Waals surface area contributed by atoms with E-state index in [0.29, 0.717) is 12.0 Å². The molecule has 0 fully saturated rings. The Kier molecular flexibility index (Phi) is 3.14. The van der Waals surface area contributed by atoms with Crippen LogP contribution in [0.5, 0.6) is 0 Å². The molecule has 7 heteroatoms. The highest BCUT2D eigenvalue weighted by atomic mass is 35.5. The Labute approximate surface area is 120 Å². The SMILES string of the molecule is O=S(=O)(c1cncc(Cl)c1)N1CCc2cccc(F)c21. The fraction of sp³-hybridized carbons (Fsp3) is 0.154. The van der Waals surface area contributed by atoms with Gasteiger partial charge in [-0.15, -0.1) is 0 Å². The third-order valence-electron chi connectivity index (χ3n) is 3.17. The van der Waals surface area contributed by atoms with Crippen LogP contribution in [0, 0.1) is 5.82 Å². The summed E-state index contributed by atoms with van der Waals surface area (Å²) in [4.78, 5) is 3.73. The van der Waals surface area contributed by atoms with Crippen LogP contribution < -0.4 is 4.31 Å². The predicted octanol–water partition coefficient (Wildman–Crippen LogP) is 2.63. The Bertz CT molecular complexity index is 780. The molecule has 2 heterocycles. The fourth-order valence-corrected chi connectivity index (χ4v) is 4.02. The first-order valence-electron chi connectivity index (χ1n) is 5.91. The standard InChI is InChI=1S/C13H10ClFN2O2S/c14-10-6-11(8-16-7-10)20(18,19)17-5-4-9-2-1-3-12(15)13(9)17/h1-3,6-8H,4-5H2. The average molecular weight is 313 g/mol. The van der Waals surface area contributed by atoms with Gasteiger partial charge in [-0.2, -0.15) is 0 Å². The van der Waals surface area contributed by atoms with Gasteiger partial charge in [-0.3, -0.25) is 9.29 Å². The van der Waals surface area contributed by atoms with Gasteiger partial charge >= 0.3 is 0 Å². The van der Waals surface area contributed by atoms with Crippen molar-refractivity contribution in [3.63, 3.8) is 0 Å². The molecule has 0 saturated carbocycles. The van der Waals surface area contributed by atoms with Gasteiger partial charge in [-0.25, -0.2) is 12.8 Å². The minimum atomic E-state index is -3.85. The van der Waals surface area contributed by atoms with Gasteiger partial charge in [0, 0.05) is 18.9 Å². The first-order chi connectivity index (χ1) is 9.50. The second-order valence-corrected chi connectivity index (χ2v) is 6.71.